The van der Waals surface area contributed by atoms with E-state index >= 15 is 0 Å². The standard InChI is InChI=1S/C21H24N2O3S/c24-27(25,26-18-6-2-1-3-7-18)15-14-23-12-10-17(11-13-23)20-16-22-21-9-5-4-8-19(20)21/h1-9,16-17,22H,10-15H2. The molecule has 5 nitrogen and oxygen atoms in total. The van der Waals surface area contributed by atoms with Gasteiger partial charge in [-0.2, -0.15) is 8.42 Å². The summed E-state index contributed by atoms with van der Waals surface area (Å²) in [6.07, 6.45) is 4.21. The summed E-state index contributed by atoms with van der Waals surface area (Å²) in [5.74, 6) is 0.907. The Hall–Kier alpha value is -2.31. The fraction of sp³-hybridized carbons (Fsp3) is 0.333. The number of nitrogens with zero attached hydrogens (tertiary/aromatic N) is 1. The molecule has 0 radical (unpaired) electrons. The predicted octanol–water partition coefficient (Wildman–Crippen LogP) is 3.76. The number of aromatic amines is 1. The van der Waals surface area contributed by atoms with Gasteiger partial charge in [-0.25, -0.2) is 0 Å². The average Bonchev–Trinajstić information content (AvgIpc) is 3.11. The molecular formula is C21H24N2O3S. The van der Waals surface area contributed by atoms with Gasteiger partial charge in [-0.1, -0.05) is 36.4 Å². The van der Waals surface area contributed by atoms with Gasteiger partial charge < -0.3 is 14.1 Å². The lowest BCUT2D eigenvalue weighted by atomic mass is 9.89. The SMILES string of the molecule is O=S(=O)(CCN1CCC(c2c[nH]c3ccccc23)CC1)Oc1ccccc1. The van der Waals surface area contributed by atoms with E-state index in [2.05, 4.69) is 34.3 Å². The van der Waals surface area contributed by atoms with Crippen LogP contribution < -0.4 is 4.18 Å². The highest BCUT2D eigenvalue weighted by Crippen LogP contribution is 2.33. The highest BCUT2D eigenvalue weighted by Gasteiger charge is 2.24. The first-order valence-electron chi connectivity index (χ1n) is 9.36. The smallest absolute Gasteiger partial charge is 0.310 e. The summed E-state index contributed by atoms with van der Waals surface area (Å²) in [4.78, 5) is 5.57. The lowest BCUT2D eigenvalue weighted by Gasteiger charge is -2.31. The van der Waals surface area contributed by atoms with Gasteiger partial charge in [-0.3, -0.25) is 0 Å². The van der Waals surface area contributed by atoms with Crippen molar-refractivity contribution in [3.8, 4) is 5.75 Å². The quantitative estimate of drug-likeness (QED) is 0.658. The number of para-hydroxylation sites is 2. The average molecular weight is 385 g/mol. The molecule has 1 aromatic heterocycles. The highest BCUT2D eigenvalue weighted by molar-refractivity contribution is 7.87. The van der Waals surface area contributed by atoms with Crippen molar-refractivity contribution in [2.24, 2.45) is 0 Å². The van der Waals surface area contributed by atoms with Crippen LogP contribution in [0.5, 0.6) is 5.75 Å². The van der Waals surface area contributed by atoms with Gasteiger partial charge in [0.1, 0.15) is 5.75 Å². The number of nitrogens with one attached hydrogen (secondary N) is 1. The molecular weight excluding hydrogens is 360 g/mol. The molecule has 0 aliphatic carbocycles. The molecule has 0 bridgehead atoms. The normalized spacial score (nSPS) is 16.6. The third-order valence-corrected chi connectivity index (χ3v) is 6.40. The minimum absolute atomic E-state index is 0.0135. The Bertz CT molecular complexity index is 990. The first kappa shape index (κ1) is 18.1. The van der Waals surface area contributed by atoms with Crippen LogP contribution in [0.4, 0.5) is 0 Å². The van der Waals surface area contributed by atoms with Crippen LogP contribution in [0.2, 0.25) is 0 Å². The molecule has 4 rings (SSSR count). The summed E-state index contributed by atoms with van der Waals surface area (Å²) < 4.78 is 29.5. The lowest BCUT2D eigenvalue weighted by molar-refractivity contribution is 0.222. The molecule has 1 fully saturated rings. The summed E-state index contributed by atoms with van der Waals surface area (Å²) in [6.45, 7) is 2.33. The molecule has 1 aliphatic heterocycles. The zero-order valence-electron chi connectivity index (χ0n) is 15.2. The summed E-state index contributed by atoms with van der Waals surface area (Å²) >= 11 is 0. The van der Waals surface area contributed by atoms with Gasteiger partial charge >= 0.3 is 10.1 Å². The number of H-pyrrole nitrogens is 1. The molecule has 0 spiro atoms. The molecule has 6 heteroatoms. The topological polar surface area (TPSA) is 62.4 Å². The Morgan fingerprint density at radius 2 is 1.70 bits per heavy atom. The zero-order valence-corrected chi connectivity index (χ0v) is 16.0. The molecule has 2 aromatic carbocycles. The third kappa shape index (κ3) is 4.34. The van der Waals surface area contributed by atoms with Gasteiger partial charge in [0.25, 0.3) is 0 Å². The number of rotatable bonds is 6. The fourth-order valence-electron chi connectivity index (χ4n) is 3.80. The number of piperidine rings is 1. The number of likely N-dealkylation sites (tertiary alicyclic amines) is 1. The first-order valence-corrected chi connectivity index (χ1v) is 10.9. The molecule has 27 heavy (non-hydrogen) atoms. The maximum atomic E-state index is 12.2. The summed E-state index contributed by atoms with van der Waals surface area (Å²) in [5.41, 5.74) is 2.56. The predicted molar refractivity (Wildman–Crippen MR) is 108 cm³/mol. The van der Waals surface area contributed by atoms with E-state index in [1.165, 1.54) is 16.5 Å². The Morgan fingerprint density at radius 1 is 1.00 bits per heavy atom. The molecule has 3 aromatic rings. The van der Waals surface area contributed by atoms with Crippen LogP contribution in [-0.2, 0) is 10.1 Å². The van der Waals surface area contributed by atoms with Gasteiger partial charge in [0.05, 0.1) is 5.75 Å². The number of aromatic nitrogens is 1. The minimum atomic E-state index is -3.57. The first-order chi connectivity index (χ1) is 13.1. The van der Waals surface area contributed by atoms with E-state index in [0.717, 1.165) is 25.9 Å². The van der Waals surface area contributed by atoms with Crippen LogP contribution >= 0.6 is 0 Å². The van der Waals surface area contributed by atoms with E-state index in [1.54, 1.807) is 24.3 Å². The number of hydrogen-bond donors (Lipinski definition) is 1. The fourth-order valence-corrected chi connectivity index (χ4v) is 4.77. The monoisotopic (exact) mass is 384 g/mol. The molecule has 2 heterocycles. The molecule has 0 amide bonds. The van der Waals surface area contributed by atoms with Crippen LogP contribution in [0, 0.1) is 0 Å². The number of hydrogen-bond acceptors (Lipinski definition) is 4. The van der Waals surface area contributed by atoms with Crippen molar-refractivity contribution in [3.05, 3.63) is 66.4 Å². The maximum absolute atomic E-state index is 12.2. The molecule has 0 atom stereocenters. The third-order valence-electron chi connectivity index (χ3n) is 5.27. The van der Waals surface area contributed by atoms with Crippen molar-refractivity contribution < 1.29 is 12.6 Å². The van der Waals surface area contributed by atoms with Crippen molar-refractivity contribution in [2.75, 3.05) is 25.4 Å². The minimum Gasteiger partial charge on any atom is -0.382 e. The Morgan fingerprint density at radius 3 is 2.48 bits per heavy atom. The van der Waals surface area contributed by atoms with Gasteiger partial charge in [0, 0.05) is 23.6 Å². The van der Waals surface area contributed by atoms with E-state index in [0.29, 0.717) is 18.2 Å². The lowest BCUT2D eigenvalue weighted by Crippen LogP contribution is -2.37. The Balaban J connectivity index is 1.31. The second kappa shape index (κ2) is 7.74. The molecule has 1 saturated heterocycles. The van der Waals surface area contributed by atoms with Crippen molar-refractivity contribution in [1.29, 1.82) is 0 Å². The van der Waals surface area contributed by atoms with Gasteiger partial charge in [-0.05, 0) is 55.6 Å². The largest absolute Gasteiger partial charge is 0.382 e. The van der Waals surface area contributed by atoms with E-state index in [-0.39, 0.29) is 5.75 Å². The van der Waals surface area contributed by atoms with Gasteiger partial charge in [0.15, 0.2) is 0 Å². The van der Waals surface area contributed by atoms with Gasteiger partial charge in [0.2, 0.25) is 0 Å². The summed E-state index contributed by atoms with van der Waals surface area (Å²) in [7, 11) is -3.57. The van der Waals surface area contributed by atoms with E-state index in [1.807, 2.05) is 12.1 Å². The zero-order chi connectivity index (χ0) is 18.7. The van der Waals surface area contributed by atoms with Crippen LogP contribution in [0.15, 0.2) is 60.8 Å². The molecule has 1 N–H and O–H groups in total. The van der Waals surface area contributed by atoms with Crippen molar-refractivity contribution >= 4 is 21.0 Å². The van der Waals surface area contributed by atoms with E-state index in [9.17, 15) is 8.42 Å². The van der Waals surface area contributed by atoms with Crippen molar-refractivity contribution in [2.45, 2.75) is 18.8 Å². The van der Waals surface area contributed by atoms with Crippen LogP contribution in [0.3, 0.4) is 0 Å². The van der Waals surface area contributed by atoms with Crippen molar-refractivity contribution in [3.63, 3.8) is 0 Å². The van der Waals surface area contributed by atoms with E-state index < -0.39 is 10.1 Å². The molecule has 0 saturated carbocycles. The summed E-state index contributed by atoms with van der Waals surface area (Å²) in [6, 6.07) is 17.1. The van der Waals surface area contributed by atoms with E-state index in [4.69, 9.17) is 4.18 Å². The van der Waals surface area contributed by atoms with Crippen LogP contribution in [-0.4, -0.2) is 43.7 Å². The molecule has 1 aliphatic rings. The summed E-state index contributed by atoms with van der Waals surface area (Å²) in [5, 5.41) is 1.30. The Kier molecular flexibility index (Phi) is 5.18. The number of benzene rings is 2. The van der Waals surface area contributed by atoms with Crippen LogP contribution in [0.1, 0.15) is 24.3 Å². The highest BCUT2D eigenvalue weighted by atomic mass is 32.2. The van der Waals surface area contributed by atoms with Crippen LogP contribution in [0.25, 0.3) is 10.9 Å². The number of fused-ring (bicyclic) bond motifs is 1. The maximum Gasteiger partial charge on any atom is 0.310 e. The molecule has 142 valence electrons. The Labute approximate surface area is 160 Å². The van der Waals surface area contributed by atoms with Crippen molar-refractivity contribution in [1.82, 2.24) is 9.88 Å². The van der Waals surface area contributed by atoms with Gasteiger partial charge in [-0.15, -0.1) is 0 Å². The second-order valence-corrected chi connectivity index (χ2v) is 8.75. The second-order valence-electron chi connectivity index (χ2n) is 7.06. The molecule has 0 unspecified atom stereocenters.